The van der Waals surface area contributed by atoms with Crippen molar-refractivity contribution in [2.45, 2.75) is 0 Å². The molecule has 7 heteroatoms. The van der Waals surface area contributed by atoms with Gasteiger partial charge in [-0.3, -0.25) is 9.78 Å². The molecule has 5 aromatic rings. The van der Waals surface area contributed by atoms with Crippen LogP contribution in [0.2, 0.25) is 0 Å². The highest BCUT2D eigenvalue weighted by atomic mass is 19.1. The molecule has 0 atom stereocenters. The summed E-state index contributed by atoms with van der Waals surface area (Å²) in [6.45, 7) is 0. The van der Waals surface area contributed by atoms with Crippen molar-refractivity contribution >= 4 is 22.7 Å². The Balaban J connectivity index is 1.69. The molecule has 0 aliphatic heterocycles. The number of halogens is 1. The third-order valence-electron chi connectivity index (χ3n) is 4.82. The zero-order valence-electron chi connectivity index (χ0n) is 16.1. The number of aromatic nitrogens is 3. The van der Waals surface area contributed by atoms with Crippen LogP contribution in [0.15, 0.2) is 89.7 Å². The van der Waals surface area contributed by atoms with Gasteiger partial charge in [-0.25, -0.2) is 9.37 Å². The second kappa shape index (κ2) is 7.79. The molecule has 0 spiro atoms. The van der Waals surface area contributed by atoms with Crippen molar-refractivity contribution in [2.75, 3.05) is 5.32 Å². The van der Waals surface area contributed by atoms with E-state index in [1.165, 1.54) is 12.1 Å². The molecule has 0 fully saturated rings. The number of carbonyl (C=O) groups excluding carboxylic acids is 1. The van der Waals surface area contributed by atoms with Gasteiger partial charge in [0.05, 0.1) is 16.6 Å². The van der Waals surface area contributed by atoms with Gasteiger partial charge in [-0.05, 0) is 42.5 Å². The van der Waals surface area contributed by atoms with E-state index in [9.17, 15) is 9.18 Å². The summed E-state index contributed by atoms with van der Waals surface area (Å²) in [4.78, 5) is 21.8. The fourth-order valence-electron chi connectivity index (χ4n) is 3.33. The van der Waals surface area contributed by atoms with E-state index in [0.29, 0.717) is 33.6 Å². The number of hydrogen-bond donors (Lipinski definition) is 1. The van der Waals surface area contributed by atoms with Crippen LogP contribution in [0.5, 0.6) is 0 Å². The Morgan fingerprint density at radius 2 is 1.65 bits per heavy atom. The van der Waals surface area contributed by atoms with Crippen molar-refractivity contribution in [3.8, 4) is 22.5 Å². The highest BCUT2D eigenvalue weighted by Gasteiger charge is 2.22. The molecule has 0 bridgehead atoms. The van der Waals surface area contributed by atoms with Gasteiger partial charge in [0.25, 0.3) is 11.6 Å². The zero-order chi connectivity index (χ0) is 21.2. The molecule has 0 aliphatic rings. The summed E-state index contributed by atoms with van der Waals surface area (Å²) in [5.41, 5.74) is 3.62. The first kappa shape index (κ1) is 18.6. The molecule has 5 rings (SSSR count). The van der Waals surface area contributed by atoms with Crippen molar-refractivity contribution in [3.05, 3.63) is 96.6 Å². The van der Waals surface area contributed by atoms with Crippen LogP contribution in [0.25, 0.3) is 33.6 Å². The van der Waals surface area contributed by atoms with Crippen LogP contribution in [0.4, 0.5) is 10.1 Å². The standard InChI is InChI=1S/C24H15FN4O2/c25-17-8-6-16(7-9-17)22-21-19(23(30)27-18-10-12-26-13-11-18)14-20(28-24(21)31-29-22)15-4-2-1-3-5-15/h1-14H,(H,26,27,30). The average molecular weight is 410 g/mol. The summed E-state index contributed by atoms with van der Waals surface area (Å²) in [6, 6.07) is 20.4. The molecule has 3 aromatic heterocycles. The Morgan fingerprint density at radius 3 is 2.39 bits per heavy atom. The number of hydrogen-bond acceptors (Lipinski definition) is 5. The van der Waals surface area contributed by atoms with Gasteiger partial charge in [0, 0.05) is 29.2 Å². The summed E-state index contributed by atoms with van der Waals surface area (Å²) in [6.07, 6.45) is 3.19. The Hall–Kier alpha value is -4.39. The van der Waals surface area contributed by atoms with Gasteiger partial charge in [-0.15, -0.1) is 0 Å². The van der Waals surface area contributed by atoms with Crippen LogP contribution < -0.4 is 5.32 Å². The maximum atomic E-state index is 13.4. The molecular weight excluding hydrogens is 395 g/mol. The van der Waals surface area contributed by atoms with E-state index in [4.69, 9.17) is 4.52 Å². The van der Waals surface area contributed by atoms with Gasteiger partial charge in [0.2, 0.25) is 0 Å². The number of rotatable bonds is 4. The molecule has 3 heterocycles. The topological polar surface area (TPSA) is 80.9 Å². The van der Waals surface area contributed by atoms with Crippen molar-refractivity contribution in [1.82, 2.24) is 15.1 Å². The van der Waals surface area contributed by atoms with Crippen LogP contribution >= 0.6 is 0 Å². The van der Waals surface area contributed by atoms with Crippen LogP contribution in [0, 0.1) is 5.82 Å². The first-order valence-electron chi connectivity index (χ1n) is 9.52. The predicted octanol–water partition coefficient (Wildman–Crippen LogP) is 5.34. The maximum absolute atomic E-state index is 13.4. The lowest BCUT2D eigenvalue weighted by atomic mass is 10.0. The Labute approximate surface area is 176 Å². The van der Waals surface area contributed by atoms with Gasteiger partial charge in [0.15, 0.2) is 0 Å². The van der Waals surface area contributed by atoms with Gasteiger partial charge < -0.3 is 9.84 Å². The van der Waals surface area contributed by atoms with Crippen LogP contribution in [-0.4, -0.2) is 21.0 Å². The van der Waals surface area contributed by atoms with E-state index in [1.807, 2.05) is 30.3 Å². The first-order chi connectivity index (χ1) is 15.2. The quantitative estimate of drug-likeness (QED) is 0.432. The van der Waals surface area contributed by atoms with E-state index in [0.717, 1.165) is 5.56 Å². The minimum atomic E-state index is -0.364. The smallest absolute Gasteiger partial charge is 0.259 e. The normalized spacial score (nSPS) is 10.9. The maximum Gasteiger partial charge on any atom is 0.259 e. The lowest BCUT2D eigenvalue weighted by Gasteiger charge is -2.09. The van der Waals surface area contributed by atoms with Gasteiger partial charge >= 0.3 is 0 Å². The van der Waals surface area contributed by atoms with E-state index >= 15 is 0 Å². The van der Waals surface area contributed by atoms with Crippen molar-refractivity contribution in [2.24, 2.45) is 0 Å². The third-order valence-corrected chi connectivity index (χ3v) is 4.82. The highest BCUT2D eigenvalue weighted by molar-refractivity contribution is 6.15. The summed E-state index contributed by atoms with van der Waals surface area (Å²) in [7, 11) is 0. The van der Waals surface area contributed by atoms with E-state index in [2.05, 4.69) is 20.4 Å². The molecule has 1 amide bonds. The monoisotopic (exact) mass is 410 g/mol. The highest BCUT2D eigenvalue weighted by Crippen LogP contribution is 2.33. The molecule has 0 saturated carbocycles. The zero-order valence-corrected chi connectivity index (χ0v) is 16.1. The molecular formula is C24H15FN4O2. The molecule has 0 saturated heterocycles. The third kappa shape index (κ3) is 3.64. The lowest BCUT2D eigenvalue weighted by molar-refractivity contribution is 0.102. The molecule has 0 unspecified atom stereocenters. The number of anilines is 1. The van der Waals surface area contributed by atoms with Crippen molar-refractivity contribution in [3.63, 3.8) is 0 Å². The molecule has 0 aliphatic carbocycles. The first-order valence-corrected chi connectivity index (χ1v) is 9.52. The minimum Gasteiger partial charge on any atom is -0.335 e. The second-order valence-corrected chi connectivity index (χ2v) is 6.83. The molecule has 6 nitrogen and oxygen atoms in total. The van der Waals surface area contributed by atoms with Gasteiger partial charge in [-0.1, -0.05) is 35.5 Å². The van der Waals surface area contributed by atoms with Crippen molar-refractivity contribution in [1.29, 1.82) is 0 Å². The number of benzene rings is 2. The summed E-state index contributed by atoms with van der Waals surface area (Å²) < 4.78 is 18.9. The molecule has 2 aromatic carbocycles. The summed E-state index contributed by atoms with van der Waals surface area (Å²) >= 11 is 0. The number of carbonyl (C=O) groups is 1. The average Bonchev–Trinajstić information content (AvgIpc) is 3.24. The lowest BCUT2D eigenvalue weighted by Crippen LogP contribution is -2.13. The fourth-order valence-corrected chi connectivity index (χ4v) is 3.33. The number of nitrogens with one attached hydrogen (secondary N) is 1. The van der Waals surface area contributed by atoms with Crippen LogP contribution in [-0.2, 0) is 0 Å². The predicted molar refractivity (Wildman–Crippen MR) is 115 cm³/mol. The van der Waals surface area contributed by atoms with E-state index in [-0.39, 0.29) is 17.4 Å². The molecule has 0 radical (unpaired) electrons. The Bertz CT molecular complexity index is 1370. The van der Waals surface area contributed by atoms with Crippen LogP contribution in [0.3, 0.4) is 0 Å². The number of nitrogens with zero attached hydrogens (tertiary/aromatic N) is 3. The van der Waals surface area contributed by atoms with Gasteiger partial charge in [-0.2, -0.15) is 0 Å². The Morgan fingerprint density at radius 1 is 0.903 bits per heavy atom. The molecule has 31 heavy (non-hydrogen) atoms. The van der Waals surface area contributed by atoms with Gasteiger partial charge in [0.1, 0.15) is 11.5 Å². The number of amides is 1. The van der Waals surface area contributed by atoms with E-state index in [1.54, 1.807) is 42.7 Å². The Kier molecular flexibility index (Phi) is 4.68. The fraction of sp³-hybridized carbons (Fsp3) is 0. The summed E-state index contributed by atoms with van der Waals surface area (Å²) in [5, 5.41) is 7.46. The number of pyridine rings is 2. The van der Waals surface area contributed by atoms with Crippen LogP contribution in [0.1, 0.15) is 10.4 Å². The molecule has 1 N–H and O–H groups in total. The largest absolute Gasteiger partial charge is 0.335 e. The number of fused-ring (bicyclic) bond motifs is 1. The summed E-state index contributed by atoms with van der Waals surface area (Å²) in [5.74, 6) is -0.709. The van der Waals surface area contributed by atoms with E-state index < -0.39 is 0 Å². The second-order valence-electron chi connectivity index (χ2n) is 6.83. The minimum absolute atomic E-state index is 0.223. The van der Waals surface area contributed by atoms with Crippen molar-refractivity contribution < 1.29 is 13.7 Å². The molecule has 150 valence electrons. The SMILES string of the molecule is O=C(Nc1ccncc1)c1cc(-c2ccccc2)nc2onc(-c3ccc(F)cc3)c12.